The molecule has 3 aromatic rings. The fourth-order valence-electron chi connectivity index (χ4n) is 2.04. The number of ether oxygens (including phenoxy) is 1. The van der Waals surface area contributed by atoms with E-state index in [-0.39, 0.29) is 0 Å². The summed E-state index contributed by atoms with van der Waals surface area (Å²) >= 11 is 0. The van der Waals surface area contributed by atoms with Gasteiger partial charge in [0.25, 0.3) is 0 Å². The number of aldehydes is 1. The number of fused-ring (bicyclic) bond motifs is 1. The SMILES string of the molecule is CCOc1nc(-c2ccccc2)nc2c(C=O)c[nH]c12. The molecule has 1 N–H and O–H groups in total. The number of H-pyrrole nitrogens is 1. The van der Waals surface area contributed by atoms with E-state index in [9.17, 15) is 4.79 Å². The lowest BCUT2D eigenvalue weighted by molar-refractivity contribution is 0.112. The van der Waals surface area contributed by atoms with Crippen LogP contribution in [0.2, 0.25) is 0 Å². The minimum Gasteiger partial charge on any atom is -0.476 e. The first-order valence-corrected chi connectivity index (χ1v) is 6.36. The van der Waals surface area contributed by atoms with Crippen molar-refractivity contribution in [1.29, 1.82) is 0 Å². The van der Waals surface area contributed by atoms with Gasteiger partial charge in [0.2, 0.25) is 5.88 Å². The number of hydrogen-bond acceptors (Lipinski definition) is 4. The van der Waals surface area contributed by atoms with E-state index in [4.69, 9.17) is 4.74 Å². The first kappa shape index (κ1) is 12.3. The Morgan fingerprint density at radius 1 is 1.25 bits per heavy atom. The predicted octanol–water partition coefficient (Wildman–Crippen LogP) is 2.84. The Morgan fingerprint density at radius 2 is 2.05 bits per heavy atom. The summed E-state index contributed by atoms with van der Waals surface area (Å²) < 4.78 is 5.54. The molecule has 0 aliphatic carbocycles. The van der Waals surface area contributed by atoms with E-state index >= 15 is 0 Å². The lowest BCUT2D eigenvalue weighted by Gasteiger charge is -2.06. The van der Waals surface area contributed by atoms with Gasteiger partial charge in [-0.25, -0.2) is 4.98 Å². The number of carbonyl (C=O) groups is 1. The molecule has 2 aromatic heterocycles. The van der Waals surface area contributed by atoms with Gasteiger partial charge in [-0.1, -0.05) is 30.3 Å². The van der Waals surface area contributed by atoms with Crippen LogP contribution in [0.1, 0.15) is 17.3 Å². The van der Waals surface area contributed by atoms with Gasteiger partial charge in [0.1, 0.15) is 11.0 Å². The van der Waals surface area contributed by atoms with Gasteiger partial charge in [0, 0.05) is 11.8 Å². The second-order valence-electron chi connectivity index (χ2n) is 4.24. The standard InChI is InChI=1S/C15H13N3O2/c1-2-20-15-13-12(11(9-19)8-16-13)17-14(18-15)10-6-4-3-5-7-10/h3-9,16H,2H2,1H3. The van der Waals surface area contributed by atoms with E-state index in [0.29, 0.717) is 34.9 Å². The van der Waals surface area contributed by atoms with Gasteiger partial charge in [0.05, 0.1) is 12.2 Å². The third-order valence-corrected chi connectivity index (χ3v) is 2.96. The Kier molecular flexibility index (Phi) is 3.16. The summed E-state index contributed by atoms with van der Waals surface area (Å²) in [5.41, 5.74) is 2.61. The molecule has 0 saturated carbocycles. The monoisotopic (exact) mass is 267 g/mol. The Morgan fingerprint density at radius 3 is 2.75 bits per heavy atom. The molecule has 0 spiro atoms. The molecule has 0 fully saturated rings. The third kappa shape index (κ3) is 2.03. The van der Waals surface area contributed by atoms with Crippen molar-refractivity contribution >= 4 is 17.3 Å². The highest BCUT2D eigenvalue weighted by atomic mass is 16.5. The van der Waals surface area contributed by atoms with Gasteiger partial charge in [-0.05, 0) is 6.92 Å². The number of rotatable bonds is 4. The molecule has 5 nitrogen and oxygen atoms in total. The average Bonchev–Trinajstić information content (AvgIpc) is 2.91. The molecule has 0 bridgehead atoms. The van der Waals surface area contributed by atoms with Gasteiger partial charge in [-0.2, -0.15) is 4.98 Å². The van der Waals surface area contributed by atoms with Gasteiger partial charge in [-0.15, -0.1) is 0 Å². The molecular formula is C15H13N3O2. The topological polar surface area (TPSA) is 67.9 Å². The Labute approximate surface area is 115 Å². The molecule has 0 unspecified atom stereocenters. The second-order valence-corrected chi connectivity index (χ2v) is 4.24. The number of benzene rings is 1. The first-order valence-electron chi connectivity index (χ1n) is 6.36. The van der Waals surface area contributed by atoms with Crippen LogP contribution in [0.3, 0.4) is 0 Å². The van der Waals surface area contributed by atoms with Crippen LogP contribution < -0.4 is 4.74 Å². The molecule has 5 heteroatoms. The summed E-state index contributed by atoms with van der Waals surface area (Å²) in [7, 11) is 0. The summed E-state index contributed by atoms with van der Waals surface area (Å²) in [5.74, 6) is 1.01. The van der Waals surface area contributed by atoms with Crippen LogP contribution in [-0.2, 0) is 0 Å². The molecule has 0 aliphatic rings. The minimum atomic E-state index is 0.462. The fourth-order valence-corrected chi connectivity index (χ4v) is 2.04. The third-order valence-electron chi connectivity index (χ3n) is 2.96. The van der Waals surface area contributed by atoms with Crippen molar-refractivity contribution in [3.05, 3.63) is 42.1 Å². The van der Waals surface area contributed by atoms with Crippen molar-refractivity contribution in [3.8, 4) is 17.3 Å². The number of aromatic amines is 1. The fraction of sp³-hybridized carbons (Fsp3) is 0.133. The molecule has 0 saturated heterocycles. The molecular weight excluding hydrogens is 254 g/mol. The lowest BCUT2D eigenvalue weighted by atomic mass is 10.2. The molecule has 0 atom stereocenters. The largest absolute Gasteiger partial charge is 0.476 e. The zero-order valence-electron chi connectivity index (χ0n) is 11.0. The number of nitrogens with one attached hydrogen (secondary N) is 1. The summed E-state index contributed by atoms with van der Waals surface area (Å²) in [6, 6.07) is 9.61. The van der Waals surface area contributed by atoms with Crippen LogP contribution in [0, 0.1) is 0 Å². The van der Waals surface area contributed by atoms with Crippen molar-refractivity contribution in [2.45, 2.75) is 6.92 Å². The van der Waals surface area contributed by atoms with Gasteiger partial charge >= 0.3 is 0 Å². The maximum Gasteiger partial charge on any atom is 0.242 e. The van der Waals surface area contributed by atoms with Crippen LogP contribution in [0.15, 0.2) is 36.5 Å². The van der Waals surface area contributed by atoms with Crippen LogP contribution in [0.5, 0.6) is 5.88 Å². The highest BCUT2D eigenvalue weighted by Gasteiger charge is 2.14. The van der Waals surface area contributed by atoms with Crippen LogP contribution in [0.4, 0.5) is 0 Å². The lowest BCUT2D eigenvalue weighted by Crippen LogP contribution is -1.99. The number of nitrogens with zero attached hydrogens (tertiary/aromatic N) is 2. The van der Waals surface area contributed by atoms with Gasteiger partial charge < -0.3 is 9.72 Å². The number of hydrogen-bond donors (Lipinski definition) is 1. The van der Waals surface area contributed by atoms with Crippen LogP contribution in [0.25, 0.3) is 22.4 Å². The van der Waals surface area contributed by atoms with Crippen molar-refractivity contribution < 1.29 is 9.53 Å². The maximum atomic E-state index is 11.1. The van der Waals surface area contributed by atoms with E-state index in [2.05, 4.69) is 15.0 Å². The summed E-state index contributed by atoms with van der Waals surface area (Å²) in [6.07, 6.45) is 2.39. The molecule has 2 heterocycles. The van der Waals surface area contributed by atoms with E-state index in [1.54, 1.807) is 6.20 Å². The van der Waals surface area contributed by atoms with Gasteiger partial charge in [0.15, 0.2) is 12.1 Å². The Bertz CT molecular complexity index is 750. The predicted molar refractivity (Wildman–Crippen MR) is 75.9 cm³/mol. The Balaban J connectivity index is 2.25. The highest BCUT2D eigenvalue weighted by Crippen LogP contribution is 2.27. The second kappa shape index (κ2) is 5.13. The Hall–Kier alpha value is -2.69. The molecule has 0 amide bonds. The van der Waals surface area contributed by atoms with Gasteiger partial charge in [-0.3, -0.25) is 4.79 Å². The van der Waals surface area contributed by atoms with E-state index in [1.807, 2.05) is 37.3 Å². The quantitative estimate of drug-likeness (QED) is 0.738. The van der Waals surface area contributed by atoms with Crippen LogP contribution in [-0.4, -0.2) is 27.8 Å². The van der Waals surface area contributed by atoms with E-state index in [1.165, 1.54) is 0 Å². The van der Waals surface area contributed by atoms with Crippen molar-refractivity contribution in [2.75, 3.05) is 6.61 Å². The first-order chi connectivity index (χ1) is 9.83. The van der Waals surface area contributed by atoms with Crippen molar-refractivity contribution in [1.82, 2.24) is 15.0 Å². The normalized spacial score (nSPS) is 10.7. The van der Waals surface area contributed by atoms with Crippen molar-refractivity contribution in [3.63, 3.8) is 0 Å². The summed E-state index contributed by atoms with van der Waals surface area (Å²) in [4.78, 5) is 23.0. The molecule has 0 aliphatic heterocycles. The smallest absolute Gasteiger partial charge is 0.242 e. The summed E-state index contributed by atoms with van der Waals surface area (Å²) in [6.45, 7) is 2.38. The zero-order chi connectivity index (χ0) is 13.9. The average molecular weight is 267 g/mol. The zero-order valence-corrected chi connectivity index (χ0v) is 11.0. The van der Waals surface area contributed by atoms with Crippen LogP contribution >= 0.6 is 0 Å². The van der Waals surface area contributed by atoms with E-state index < -0.39 is 0 Å². The summed E-state index contributed by atoms with van der Waals surface area (Å²) in [5, 5.41) is 0. The molecule has 3 rings (SSSR count). The minimum absolute atomic E-state index is 0.462. The number of carbonyl (C=O) groups excluding carboxylic acids is 1. The van der Waals surface area contributed by atoms with Crippen molar-refractivity contribution in [2.24, 2.45) is 0 Å². The highest BCUT2D eigenvalue weighted by molar-refractivity contribution is 5.97. The maximum absolute atomic E-state index is 11.1. The van der Waals surface area contributed by atoms with E-state index in [0.717, 1.165) is 11.8 Å². The molecule has 100 valence electrons. The number of aromatic nitrogens is 3. The molecule has 20 heavy (non-hydrogen) atoms. The molecule has 1 aromatic carbocycles. The molecule has 0 radical (unpaired) electrons.